The second kappa shape index (κ2) is 6.01. The van der Waals surface area contributed by atoms with Gasteiger partial charge in [-0.1, -0.05) is 29.8 Å². The molecule has 0 saturated heterocycles. The van der Waals surface area contributed by atoms with Crippen molar-refractivity contribution in [2.75, 3.05) is 11.9 Å². The summed E-state index contributed by atoms with van der Waals surface area (Å²) in [5, 5.41) is 12.3. The first kappa shape index (κ1) is 13.1. The third kappa shape index (κ3) is 3.56. The monoisotopic (exact) mass is 251 g/mol. The number of nitrogens with zero attached hydrogens (tertiary/aromatic N) is 2. The molecule has 1 aromatic heterocycles. The van der Waals surface area contributed by atoms with Crippen LogP contribution in [0.5, 0.6) is 0 Å². The van der Waals surface area contributed by atoms with Crippen LogP contribution in [0.2, 0.25) is 0 Å². The molecule has 0 radical (unpaired) electrons. The summed E-state index contributed by atoms with van der Waals surface area (Å²) in [5.74, 6) is 0.676. The highest BCUT2D eigenvalue weighted by molar-refractivity contribution is 5.52. The molecule has 19 heavy (non-hydrogen) atoms. The largest absolute Gasteiger partial charge is 0.369 e. The van der Waals surface area contributed by atoms with Crippen LogP contribution in [0.3, 0.4) is 0 Å². The highest BCUT2D eigenvalue weighted by atomic mass is 15.0. The molecule has 0 aliphatic rings. The van der Waals surface area contributed by atoms with Crippen LogP contribution >= 0.6 is 0 Å². The molecule has 0 unspecified atom stereocenters. The number of nitrogens with one attached hydrogen (secondary N) is 1. The van der Waals surface area contributed by atoms with E-state index in [1.807, 2.05) is 13.0 Å². The minimum atomic E-state index is 0.592. The van der Waals surface area contributed by atoms with E-state index in [2.05, 4.69) is 47.6 Å². The van der Waals surface area contributed by atoms with E-state index in [1.165, 1.54) is 11.1 Å². The van der Waals surface area contributed by atoms with Gasteiger partial charge in [0.1, 0.15) is 11.9 Å². The Kier molecular flexibility index (Phi) is 4.15. The molecule has 0 atom stereocenters. The van der Waals surface area contributed by atoms with Crippen molar-refractivity contribution in [1.29, 1.82) is 5.26 Å². The molecule has 0 bridgehead atoms. The molecule has 96 valence electrons. The maximum absolute atomic E-state index is 9.03. The minimum absolute atomic E-state index is 0.592. The SMILES string of the molecule is Cc1cccc(CCNc2nc(C)ccc2C#N)c1. The Balaban J connectivity index is 2.00. The summed E-state index contributed by atoms with van der Waals surface area (Å²) >= 11 is 0. The smallest absolute Gasteiger partial charge is 0.144 e. The summed E-state index contributed by atoms with van der Waals surface area (Å²) in [6.07, 6.45) is 0.919. The van der Waals surface area contributed by atoms with Gasteiger partial charge in [0.25, 0.3) is 0 Å². The van der Waals surface area contributed by atoms with Crippen LogP contribution in [-0.2, 0) is 6.42 Å². The number of aryl methyl sites for hydroxylation is 2. The third-order valence-corrected chi connectivity index (χ3v) is 2.94. The fourth-order valence-electron chi connectivity index (χ4n) is 1.97. The summed E-state index contributed by atoms with van der Waals surface area (Å²) in [4.78, 5) is 4.36. The minimum Gasteiger partial charge on any atom is -0.369 e. The normalized spacial score (nSPS) is 9.95. The molecule has 1 aromatic carbocycles. The van der Waals surface area contributed by atoms with Gasteiger partial charge >= 0.3 is 0 Å². The van der Waals surface area contributed by atoms with Crippen molar-refractivity contribution in [2.24, 2.45) is 0 Å². The molecule has 0 aliphatic heterocycles. The molecule has 3 heteroatoms. The molecular formula is C16H17N3. The highest BCUT2D eigenvalue weighted by Gasteiger charge is 2.03. The van der Waals surface area contributed by atoms with Gasteiger partial charge in [0.15, 0.2) is 0 Å². The van der Waals surface area contributed by atoms with Crippen molar-refractivity contribution in [3.8, 4) is 6.07 Å². The van der Waals surface area contributed by atoms with Gasteiger partial charge in [0.2, 0.25) is 0 Å². The van der Waals surface area contributed by atoms with E-state index >= 15 is 0 Å². The number of nitriles is 1. The Hall–Kier alpha value is -2.34. The molecule has 0 saturated carbocycles. The van der Waals surface area contributed by atoms with Crippen molar-refractivity contribution < 1.29 is 0 Å². The summed E-state index contributed by atoms with van der Waals surface area (Å²) < 4.78 is 0. The Bertz CT molecular complexity index is 612. The van der Waals surface area contributed by atoms with E-state index in [0.717, 1.165) is 18.7 Å². The zero-order chi connectivity index (χ0) is 13.7. The third-order valence-electron chi connectivity index (χ3n) is 2.94. The number of hydrogen-bond acceptors (Lipinski definition) is 3. The van der Waals surface area contributed by atoms with Gasteiger partial charge in [0, 0.05) is 12.2 Å². The number of aromatic nitrogens is 1. The molecular weight excluding hydrogens is 234 g/mol. The fraction of sp³-hybridized carbons (Fsp3) is 0.250. The summed E-state index contributed by atoms with van der Waals surface area (Å²) in [7, 11) is 0. The lowest BCUT2D eigenvalue weighted by Crippen LogP contribution is -2.08. The predicted octanol–water partition coefficient (Wildman–Crippen LogP) is 3.22. The van der Waals surface area contributed by atoms with Gasteiger partial charge in [-0.2, -0.15) is 5.26 Å². The molecule has 0 fully saturated rings. The van der Waals surface area contributed by atoms with Gasteiger partial charge in [-0.05, 0) is 38.0 Å². The number of benzene rings is 1. The number of hydrogen-bond donors (Lipinski definition) is 1. The lowest BCUT2D eigenvalue weighted by Gasteiger charge is -2.08. The van der Waals surface area contributed by atoms with Crippen LogP contribution in [0.25, 0.3) is 0 Å². The van der Waals surface area contributed by atoms with Crippen molar-refractivity contribution >= 4 is 5.82 Å². The van der Waals surface area contributed by atoms with Crippen LogP contribution in [0.15, 0.2) is 36.4 Å². The zero-order valence-electron chi connectivity index (χ0n) is 11.3. The van der Waals surface area contributed by atoms with Gasteiger partial charge in [-0.3, -0.25) is 0 Å². The molecule has 0 spiro atoms. The van der Waals surface area contributed by atoms with E-state index in [1.54, 1.807) is 6.07 Å². The Morgan fingerprint density at radius 1 is 1.21 bits per heavy atom. The zero-order valence-corrected chi connectivity index (χ0v) is 11.3. The van der Waals surface area contributed by atoms with Gasteiger partial charge < -0.3 is 5.32 Å². The van der Waals surface area contributed by atoms with Crippen LogP contribution in [0, 0.1) is 25.2 Å². The summed E-state index contributed by atoms with van der Waals surface area (Å²) in [6, 6.07) is 14.3. The molecule has 2 rings (SSSR count). The van der Waals surface area contributed by atoms with Crippen LogP contribution in [-0.4, -0.2) is 11.5 Å². The van der Waals surface area contributed by atoms with E-state index in [4.69, 9.17) is 5.26 Å². The topological polar surface area (TPSA) is 48.7 Å². The molecule has 0 amide bonds. The first-order valence-corrected chi connectivity index (χ1v) is 6.36. The molecule has 3 nitrogen and oxygen atoms in total. The summed E-state index contributed by atoms with van der Waals surface area (Å²) in [6.45, 7) is 4.79. The average molecular weight is 251 g/mol. The molecule has 1 N–H and O–H groups in total. The second-order valence-electron chi connectivity index (χ2n) is 4.63. The Morgan fingerprint density at radius 3 is 2.79 bits per heavy atom. The van der Waals surface area contributed by atoms with Crippen molar-refractivity contribution in [1.82, 2.24) is 4.98 Å². The standard InChI is InChI=1S/C16H17N3/c1-12-4-3-5-14(10-12)8-9-18-16-15(11-17)7-6-13(2)19-16/h3-7,10H,8-9H2,1-2H3,(H,18,19). The molecule has 0 aliphatic carbocycles. The van der Waals surface area contributed by atoms with Crippen LogP contribution in [0.4, 0.5) is 5.82 Å². The van der Waals surface area contributed by atoms with Crippen LogP contribution < -0.4 is 5.32 Å². The first-order valence-electron chi connectivity index (χ1n) is 6.36. The van der Waals surface area contributed by atoms with Gasteiger partial charge in [0.05, 0.1) is 5.56 Å². The number of rotatable bonds is 4. The first-order chi connectivity index (χ1) is 9.19. The fourth-order valence-corrected chi connectivity index (χ4v) is 1.97. The maximum Gasteiger partial charge on any atom is 0.144 e. The Labute approximate surface area is 113 Å². The van der Waals surface area contributed by atoms with Gasteiger partial charge in [-0.25, -0.2) is 4.98 Å². The second-order valence-corrected chi connectivity index (χ2v) is 4.63. The molecule has 2 aromatic rings. The predicted molar refractivity (Wildman–Crippen MR) is 77.1 cm³/mol. The average Bonchev–Trinajstić information content (AvgIpc) is 2.39. The van der Waals surface area contributed by atoms with Crippen molar-refractivity contribution in [3.05, 3.63) is 58.8 Å². The lowest BCUT2D eigenvalue weighted by molar-refractivity contribution is 0.996. The lowest BCUT2D eigenvalue weighted by atomic mass is 10.1. The van der Waals surface area contributed by atoms with Crippen LogP contribution in [0.1, 0.15) is 22.4 Å². The molecule has 1 heterocycles. The number of anilines is 1. The van der Waals surface area contributed by atoms with E-state index < -0.39 is 0 Å². The maximum atomic E-state index is 9.03. The van der Waals surface area contributed by atoms with E-state index in [9.17, 15) is 0 Å². The van der Waals surface area contributed by atoms with Gasteiger partial charge in [-0.15, -0.1) is 0 Å². The van der Waals surface area contributed by atoms with Crippen molar-refractivity contribution in [3.63, 3.8) is 0 Å². The Morgan fingerprint density at radius 2 is 2.05 bits per heavy atom. The summed E-state index contributed by atoms with van der Waals surface area (Å²) in [5.41, 5.74) is 4.06. The quantitative estimate of drug-likeness (QED) is 0.907. The highest BCUT2D eigenvalue weighted by Crippen LogP contribution is 2.12. The van der Waals surface area contributed by atoms with E-state index in [-0.39, 0.29) is 0 Å². The van der Waals surface area contributed by atoms with Crippen molar-refractivity contribution in [2.45, 2.75) is 20.3 Å². The van der Waals surface area contributed by atoms with E-state index in [0.29, 0.717) is 11.4 Å². The number of pyridine rings is 1.